The summed E-state index contributed by atoms with van der Waals surface area (Å²) in [5.74, 6) is -0.0429. The Balaban J connectivity index is 1.64. The van der Waals surface area contributed by atoms with Crippen LogP contribution < -0.4 is 5.32 Å². The SMILES string of the molecule is CC(NC(=O)/C=C/c1cccs1)c1ccc2c(c1)CCCC2. The van der Waals surface area contributed by atoms with E-state index in [-0.39, 0.29) is 11.9 Å². The molecule has 1 aromatic carbocycles. The summed E-state index contributed by atoms with van der Waals surface area (Å²) in [6, 6.07) is 10.7. The largest absolute Gasteiger partial charge is 0.346 e. The molecule has 0 spiro atoms. The molecule has 3 rings (SSSR count). The Kier molecular flexibility index (Phi) is 4.74. The lowest BCUT2D eigenvalue weighted by atomic mass is 9.89. The van der Waals surface area contributed by atoms with E-state index < -0.39 is 0 Å². The van der Waals surface area contributed by atoms with Gasteiger partial charge in [0, 0.05) is 11.0 Å². The van der Waals surface area contributed by atoms with Crippen molar-refractivity contribution in [1.82, 2.24) is 5.32 Å². The fourth-order valence-electron chi connectivity index (χ4n) is 2.91. The van der Waals surface area contributed by atoms with Crippen LogP contribution in [0.1, 0.15) is 47.4 Å². The third-order valence-electron chi connectivity index (χ3n) is 4.17. The van der Waals surface area contributed by atoms with E-state index in [1.165, 1.54) is 42.4 Å². The summed E-state index contributed by atoms with van der Waals surface area (Å²) in [5.41, 5.74) is 4.13. The standard InChI is InChI=1S/C19H21NOS/c1-14(20-19(21)11-10-18-7-4-12-22-18)16-9-8-15-5-2-3-6-17(15)13-16/h4,7-14H,2-3,5-6H2,1H3,(H,20,21)/b11-10+. The van der Waals surface area contributed by atoms with Gasteiger partial charge in [0.15, 0.2) is 0 Å². The van der Waals surface area contributed by atoms with Crippen molar-refractivity contribution in [3.63, 3.8) is 0 Å². The second-order valence-electron chi connectivity index (χ2n) is 5.81. The number of hydrogen-bond donors (Lipinski definition) is 1. The lowest BCUT2D eigenvalue weighted by Crippen LogP contribution is -2.24. The van der Waals surface area contributed by atoms with Gasteiger partial charge in [0.2, 0.25) is 5.91 Å². The Hall–Kier alpha value is -1.87. The summed E-state index contributed by atoms with van der Waals surface area (Å²) in [5, 5.41) is 5.05. The smallest absolute Gasteiger partial charge is 0.244 e. The molecule has 1 N–H and O–H groups in total. The topological polar surface area (TPSA) is 29.1 Å². The van der Waals surface area contributed by atoms with Crippen molar-refractivity contribution in [2.45, 2.75) is 38.6 Å². The molecular formula is C19H21NOS. The lowest BCUT2D eigenvalue weighted by molar-refractivity contribution is -0.117. The van der Waals surface area contributed by atoms with Gasteiger partial charge in [0.1, 0.15) is 0 Å². The number of carbonyl (C=O) groups is 1. The first-order valence-electron chi connectivity index (χ1n) is 7.86. The Labute approximate surface area is 135 Å². The van der Waals surface area contributed by atoms with Gasteiger partial charge in [0.25, 0.3) is 0 Å². The van der Waals surface area contributed by atoms with Crippen LogP contribution in [0.15, 0.2) is 41.8 Å². The van der Waals surface area contributed by atoms with E-state index in [4.69, 9.17) is 0 Å². The van der Waals surface area contributed by atoms with Gasteiger partial charge in [-0.3, -0.25) is 4.79 Å². The van der Waals surface area contributed by atoms with Crippen molar-refractivity contribution in [2.24, 2.45) is 0 Å². The first-order valence-corrected chi connectivity index (χ1v) is 8.74. The van der Waals surface area contributed by atoms with E-state index in [9.17, 15) is 4.79 Å². The molecule has 0 saturated carbocycles. The number of aryl methyl sites for hydroxylation is 2. The zero-order valence-electron chi connectivity index (χ0n) is 12.8. The summed E-state index contributed by atoms with van der Waals surface area (Å²) in [7, 11) is 0. The molecule has 2 aromatic rings. The van der Waals surface area contributed by atoms with Gasteiger partial charge in [-0.2, -0.15) is 0 Å². The number of amides is 1. The Bertz CT molecular complexity index is 673. The van der Waals surface area contributed by atoms with Crippen molar-refractivity contribution in [3.05, 3.63) is 63.4 Å². The number of benzene rings is 1. The number of hydrogen-bond acceptors (Lipinski definition) is 2. The van der Waals surface area contributed by atoms with Crippen LogP contribution in [0.25, 0.3) is 6.08 Å². The molecule has 1 heterocycles. The maximum atomic E-state index is 12.0. The third-order valence-corrected chi connectivity index (χ3v) is 5.01. The minimum absolute atomic E-state index is 0.0349. The molecule has 2 nitrogen and oxygen atoms in total. The highest BCUT2D eigenvalue weighted by molar-refractivity contribution is 7.10. The number of thiophene rings is 1. The van der Waals surface area contributed by atoms with E-state index >= 15 is 0 Å². The molecule has 0 saturated heterocycles. The fraction of sp³-hybridized carbons (Fsp3) is 0.316. The van der Waals surface area contributed by atoms with E-state index in [1.807, 2.05) is 30.5 Å². The predicted molar refractivity (Wildman–Crippen MR) is 93.0 cm³/mol. The highest BCUT2D eigenvalue weighted by Crippen LogP contribution is 2.24. The molecule has 0 aliphatic heterocycles. The molecule has 0 bridgehead atoms. The highest BCUT2D eigenvalue weighted by atomic mass is 32.1. The van der Waals surface area contributed by atoms with Crippen LogP contribution in [0, 0.1) is 0 Å². The molecular weight excluding hydrogens is 290 g/mol. The van der Waals surface area contributed by atoms with Crippen LogP contribution in [0.2, 0.25) is 0 Å². The van der Waals surface area contributed by atoms with Gasteiger partial charge >= 0.3 is 0 Å². The fourth-order valence-corrected chi connectivity index (χ4v) is 3.53. The molecule has 0 radical (unpaired) electrons. The first kappa shape index (κ1) is 15.0. The van der Waals surface area contributed by atoms with E-state index in [0.717, 1.165) is 4.88 Å². The molecule has 1 aromatic heterocycles. The normalized spacial score (nSPS) is 15.5. The van der Waals surface area contributed by atoms with E-state index in [0.29, 0.717) is 0 Å². The zero-order valence-corrected chi connectivity index (χ0v) is 13.7. The van der Waals surface area contributed by atoms with Crippen LogP contribution >= 0.6 is 11.3 Å². The van der Waals surface area contributed by atoms with E-state index in [1.54, 1.807) is 17.4 Å². The first-order chi connectivity index (χ1) is 10.7. The van der Waals surface area contributed by atoms with Crippen LogP contribution in [0.5, 0.6) is 0 Å². The lowest BCUT2D eigenvalue weighted by Gasteiger charge is -2.19. The number of nitrogens with one attached hydrogen (secondary N) is 1. The van der Waals surface area contributed by atoms with Crippen LogP contribution in [-0.2, 0) is 17.6 Å². The minimum Gasteiger partial charge on any atom is -0.346 e. The zero-order chi connectivity index (χ0) is 15.4. The summed E-state index contributed by atoms with van der Waals surface area (Å²) < 4.78 is 0. The van der Waals surface area contributed by atoms with Crippen molar-refractivity contribution >= 4 is 23.3 Å². The molecule has 1 amide bonds. The second-order valence-corrected chi connectivity index (χ2v) is 6.79. The molecule has 1 aliphatic carbocycles. The summed E-state index contributed by atoms with van der Waals surface area (Å²) in [6.45, 7) is 2.04. The van der Waals surface area contributed by atoms with Gasteiger partial charge in [0.05, 0.1) is 6.04 Å². The van der Waals surface area contributed by atoms with Crippen LogP contribution in [0.4, 0.5) is 0 Å². The second kappa shape index (κ2) is 6.93. The van der Waals surface area contributed by atoms with Crippen LogP contribution in [0.3, 0.4) is 0 Å². The van der Waals surface area contributed by atoms with Crippen molar-refractivity contribution in [1.29, 1.82) is 0 Å². The quantitative estimate of drug-likeness (QED) is 0.827. The molecule has 22 heavy (non-hydrogen) atoms. The highest BCUT2D eigenvalue weighted by Gasteiger charge is 2.13. The number of rotatable bonds is 4. The van der Waals surface area contributed by atoms with Gasteiger partial charge < -0.3 is 5.32 Å². The maximum absolute atomic E-state index is 12.0. The molecule has 1 unspecified atom stereocenters. The molecule has 114 valence electrons. The summed E-state index contributed by atoms with van der Waals surface area (Å²) in [6.07, 6.45) is 8.41. The Morgan fingerprint density at radius 1 is 1.23 bits per heavy atom. The summed E-state index contributed by atoms with van der Waals surface area (Å²) in [4.78, 5) is 13.1. The average Bonchev–Trinajstić information content (AvgIpc) is 3.06. The molecule has 1 atom stereocenters. The maximum Gasteiger partial charge on any atom is 0.244 e. The van der Waals surface area contributed by atoms with Crippen molar-refractivity contribution in [2.75, 3.05) is 0 Å². The molecule has 1 aliphatic rings. The third kappa shape index (κ3) is 3.66. The van der Waals surface area contributed by atoms with Gasteiger partial charge in [-0.1, -0.05) is 24.3 Å². The van der Waals surface area contributed by atoms with Gasteiger partial charge in [-0.15, -0.1) is 11.3 Å². The average molecular weight is 311 g/mol. The van der Waals surface area contributed by atoms with Crippen molar-refractivity contribution < 1.29 is 4.79 Å². The Morgan fingerprint density at radius 3 is 2.82 bits per heavy atom. The number of carbonyl (C=O) groups excluding carboxylic acids is 1. The summed E-state index contributed by atoms with van der Waals surface area (Å²) >= 11 is 1.63. The van der Waals surface area contributed by atoms with E-state index in [2.05, 4.69) is 23.5 Å². The molecule has 3 heteroatoms. The predicted octanol–water partition coefficient (Wildman–Crippen LogP) is 4.52. The van der Waals surface area contributed by atoms with Gasteiger partial charge in [-0.25, -0.2) is 0 Å². The Morgan fingerprint density at radius 2 is 2.05 bits per heavy atom. The van der Waals surface area contributed by atoms with Gasteiger partial charge in [-0.05, 0) is 66.8 Å². The monoisotopic (exact) mass is 311 g/mol. The molecule has 0 fully saturated rings. The number of fused-ring (bicyclic) bond motifs is 1. The van der Waals surface area contributed by atoms with Crippen LogP contribution in [-0.4, -0.2) is 5.91 Å². The van der Waals surface area contributed by atoms with Crippen molar-refractivity contribution in [3.8, 4) is 0 Å². The minimum atomic E-state index is -0.0429.